The molecule has 132 valence electrons. The molecule has 1 heterocycles. The molecule has 1 aliphatic carbocycles. The average molecular weight is 357 g/mol. The van der Waals surface area contributed by atoms with Crippen LogP contribution in [0, 0.1) is 0 Å². The Balaban J connectivity index is 1.86. The highest BCUT2D eigenvalue weighted by molar-refractivity contribution is 7.93. The van der Waals surface area contributed by atoms with Gasteiger partial charge in [0.25, 0.3) is 10.0 Å². The topological polar surface area (TPSA) is 46.6 Å². The first kappa shape index (κ1) is 16.5. The molecule has 0 aromatic heterocycles. The lowest BCUT2D eigenvalue weighted by molar-refractivity contribution is 0.401. The van der Waals surface area contributed by atoms with Crippen molar-refractivity contribution in [3.8, 4) is 5.75 Å². The summed E-state index contributed by atoms with van der Waals surface area (Å²) in [5.41, 5.74) is 4.23. The third-order valence-corrected chi connectivity index (χ3v) is 7.26. The lowest BCUT2D eigenvalue weighted by Crippen LogP contribution is -2.36. The Bertz CT molecular complexity index is 921. The molecule has 0 fully saturated rings. The van der Waals surface area contributed by atoms with Gasteiger partial charge in [-0.05, 0) is 73.9 Å². The number of benzene rings is 2. The van der Waals surface area contributed by atoms with Gasteiger partial charge in [0.2, 0.25) is 0 Å². The molecule has 0 amide bonds. The van der Waals surface area contributed by atoms with E-state index >= 15 is 0 Å². The van der Waals surface area contributed by atoms with Gasteiger partial charge in [0.15, 0.2) is 0 Å². The standard InChI is InChI=1S/C20H23NO3S/c1-14-11-17-9-5-6-10-18(17)21(14)25(22,23)20-13-16-8-4-3-7-15(16)12-19(20)24-2/h5-6,9-10,12-14H,3-4,7-8,11H2,1-2H3. The summed E-state index contributed by atoms with van der Waals surface area (Å²) in [4.78, 5) is 0.291. The van der Waals surface area contributed by atoms with Crippen LogP contribution in [-0.4, -0.2) is 21.6 Å². The van der Waals surface area contributed by atoms with Gasteiger partial charge in [-0.25, -0.2) is 8.42 Å². The fraction of sp³-hybridized carbons (Fsp3) is 0.400. The summed E-state index contributed by atoms with van der Waals surface area (Å²) in [5, 5.41) is 0. The van der Waals surface area contributed by atoms with Gasteiger partial charge in [-0.3, -0.25) is 4.31 Å². The molecule has 2 aromatic carbocycles. The number of hydrogen-bond donors (Lipinski definition) is 0. The second kappa shape index (κ2) is 6.06. The molecule has 0 bridgehead atoms. The minimum Gasteiger partial charge on any atom is -0.495 e. The molecule has 0 spiro atoms. The van der Waals surface area contributed by atoms with E-state index in [0.717, 1.165) is 48.9 Å². The number of aryl methyl sites for hydroxylation is 2. The second-order valence-electron chi connectivity index (χ2n) is 6.96. The van der Waals surface area contributed by atoms with Gasteiger partial charge in [0, 0.05) is 6.04 Å². The summed E-state index contributed by atoms with van der Waals surface area (Å²) in [5.74, 6) is 0.456. The van der Waals surface area contributed by atoms with E-state index in [0.29, 0.717) is 10.6 Å². The quantitative estimate of drug-likeness (QED) is 0.841. The number of para-hydroxylation sites is 1. The van der Waals surface area contributed by atoms with Crippen molar-refractivity contribution >= 4 is 15.7 Å². The van der Waals surface area contributed by atoms with Gasteiger partial charge in [0.1, 0.15) is 10.6 Å². The number of hydrogen-bond acceptors (Lipinski definition) is 3. The van der Waals surface area contributed by atoms with Gasteiger partial charge in [0.05, 0.1) is 12.8 Å². The summed E-state index contributed by atoms with van der Waals surface area (Å²) >= 11 is 0. The highest BCUT2D eigenvalue weighted by Crippen LogP contribution is 2.40. The van der Waals surface area contributed by atoms with E-state index in [4.69, 9.17) is 4.74 Å². The number of anilines is 1. The van der Waals surface area contributed by atoms with Crippen LogP contribution in [0.1, 0.15) is 36.5 Å². The van der Waals surface area contributed by atoms with Crippen molar-refractivity contribution in [3.05, 3.63) is 53.1 Å². The maximum Gasteiger partial charge on any atom is 0.268 e. The van der Waals surface area contributed by atoms with E-state index in [2.05, 4.69) is 0 Å². The van der Waals surface area contributed by atoms with Crippen molar-refractivity contribution in [2.75, 3.05) is 11.4 Å². The lowest BCUT2D eigenvalue weighted by Gasteiger charge is -2.27. The molecule has 0 saturated carbocycles. The largest absolute Gasteiger partial charge is 0.495 e. The molecular weight excluding hydrogens is 334 g/mol. The molecule has 1 unspecified atom stereocenters. The lowest BCUT2D eigenvalue weighted by atomic mass is 9.92. The molecule has 25 heavy (non-hydrogen) atoms. The molecule has 2 aromatic rings. The fourth-order valence-electron chi connectivity index (χ4n) is 4.11. The van der Waals surface area contributed by atoms with Crippen molar-refractivity contribution in [3.63, 3.8) is 0 Å². The maximum atomic E-state index is 13.5. The molecule has 0 saturated heterocycles. The summed E-state index contributed by atoms with van der Waals surface area (Å²) in [7, 11) is -2.12. The SMILES string of the molecule is COc1cc2c(cc1S(=O)(=O)N1c3ccccc3CC1C)CCCC2. The highest BCUT2D eigenvalue weighted by atomic mass is 32.2. The number of sulfonamides is 1. The monoisotopic (exact) mass is 357 g/mol. The fourth-order valence-corrected chi connectivity index (χ4v) is 6.00. The van der Waals surface area contributed by atoms with Crippen LogP contribution in [0.25, 0.3) is 0 Å². The van der Waals surface area contributed by atoms with Crippen molar-refractivity contribution in [1.29, 1.82) is 0 Å². The number of nitrogens with zero attached hydrogens (tertiary/aromatic N) is 1. The van der Waals surface area contributed by atoms with E-state index in [9.17, 15) is 8.42 Å². The normalized spacial score (nSPS) is 19.4. The first-order chi connectivity index (χ1) is 12.0. The van der Waals surface area contributed by atoms with E-state index in [-0.39, 0.29) is 6.04 Å². The number of methoxy groups -OCH3 is 1. The van der Waals surface area contributed by atoms with Gasteiger partial charge in [-0.1, -0.05) is 18.2 Å². The Labute approximate surface area is 149 Å². The zero-order valence-electron chi connectivity index (χ0n) is 14.7. The second-order valence-corrected chi connectivity index (χ2v) is 8.74. The molecule has 0 radical (unpaired) electrons. The number of fused-ring (bicyclic) bond motifs is 2. The molecule has 4 rings (SSSR count). The average Bonchev–Trinajstić information content (AvgIpc) is 2.96. The Hall–Kier alpha value is -2.01. The van der Waals surface area contributed by atoms with Crippen LogP contribution in [0.5, 0.6) is 5.75 Å². The van der Waals surface area contributed by atoms with Crippen LogP contribution in [-0.2, 0) is 29.3 Å². The third-order valence-electron chi connectivity index (χ3n) is 5.31. The summed E-state index contributed by atoms with van der Waals surface area (Å²) < 4.78 is 34.1. The van der Waals surface area contributed by atoms with E-state index in [1.165, 1.54) is 5.56 Å². The molecule has 2 aliphatic rings. The Morgan fingerprint density at radius 1 is 1.04 bits per heavy atom. The van der Waals surface area contributed by atoms with Crippen molar-refractivity contribution in [2.24, 2.45) is 0 Å². The highest BCUT2D eigenvalue weighted by Gasteiger charge is 2.37. The van der Waals surface area contributed by atoms with E-state index < -0.39 is 10.0 Å². The van der Waals surface area contributed by atoms with Crippen LogP contribution in [0.4, 0.5) is 5.69 Å². The Morgan fingerprint density at radius 2 is 1.72 bits per heavy atom. The van der Waals surface area contributed by atoms with Crippen LogP contribution >= 0.6 is 0 Å². The van der Waals surface area contributed by atoms with E-state index in [1.807, 2.05) is 43.3 Å². The Morgan fingerprint density at radius 3 is 2.44 bits per heavy atom. The zero-order valence-corrected chi connectivity index (χ0v) is 15.5. The smallest absolute Gasteiger partial charge is 0.268 e. The maximum absolute atomic E-state index is 13.5. The predicted octanol–water partition coefficient (Wildman–Crippen LogP) is 3.71. The van der Waals surface area contributed by atoms with Crippen LogP contribution in [0.3, 0.4) is 0 Å². The van der Waals surface area contributed by atoms with E-state index in [1.54, 1.807) is 11.4 Å². The zero-order chi connectivity index (χ0) is 17.6. The van der Waals surface area contributed by atoms with Gasteiger partial charge >= 0.3 is 0 Å². The predicted molar refractivity (Wildman–Crippen MR) is 98.9 cm³/mol. The van der Waals surface area contributed by atoms with Crippen molar-refractivity contribution < 1.29 is 13.2 Å². The van der Waals surface area contributed by atoms with Crippen molar-refractivity contribution in [2.45, 2.75) is 50.0 Å². The third kappa shape index (κ3) is 2.61. The van der Waals surface area contributed by atoms with Gasteiger partial charge < -0.3 is 4.74 Å². The summed E-state index contributed by atoms with van der Waals surface area (Å²) in [6, 6.07) is 11.4. The Kier molecular flexibility index (Phi) is 3.99. The van der Waals surface area contributed by atoms with Gasteiger partial charge in [-0.2, -0.15) is 0 Å². The van der Waals surface area contributed by atoms with Crippen LogP contribution < -0.4 is 9.04 Å². The molecule has 1 atom stereocenters. The summed E-state index contributed by atoms with van der Waals surface area (Å²) in [6.45, 7) is 1.96. The van der Waals surface area contributed by atoms with Crippen LogP contribution in [0.2, 0.25) is 0 Å². The van der Waals surface area contributed by atoms with Gasteiger partial charge in [-0.15, -0.1) is 0 Å². The first-order valence-corrected chi connectivity index (χ1v) is 10.3. The number of rotatable bonds is 3. The molecular formula is C20H23NO3S. The first-order valence-electron chi connectivity index (χ1n) is 8.84. The molecule has 1 aliphatic heterocycles. The molecule has 0 N–H and O–H groups in total. The molecule has 5 heteroatoms. The molecule has 4 nitrogen and oxygen atoms in total. The minimum atomic E-state index is -3.67. The van der Waals surface area contributed by atoms with Crippen molar-refractivity contribution in [1.82, 2.24) is 0 Å². The van der Waals surface area contributed by atoms with Crippen LogP contribution in [0.15, 0.2) is 41.3 Å². The number of ether oxygens (including phenoxy) is 1. The summed E-state index contributed by atoms with van der Waals surface area (Å²) in [6.07, 6.45) is 4.94. The minimum absolute atomic E-state index is 0.0943.